The highest BCUT2D eigenvalue weighted by Gasteiger charge is 2.04. The Kier molecular flexibility index (Phi) is 7.42. The van der Waals surface area contributed by atoms with Crippen LogP contribution in [0.1, 0.15) is 6.42 Å². The smallest absolute Gasteiger partial charge is 0.321 e. The van der Waals surface area contributed by atoms with Crippen molar-refractivity contribution in [3.05, 3.63) is 0 Å². The summed E-state index contributed by atoms with van der Waals surface area (Å²) in [5.41, 5.74) is 0. The van der Waals surface area contributed by atoms with E-state index in [1.54, 1.807) is 0 Å². The van der Waals surface area contributed by atoms with Crippen molar-refractivity contribution in [2.75, 3.05) is 25.2 Å². The van der Waals surface area contributed by atoms with Gasteiger partial charge in [0.15, 0.2) is 0 Å². The third-order valence-electron chi connectivity index (χ3n) is 1.16. The number of aliphatic hydroxyl groups excluding tert-OH is 1. The van der Waals surface area contributed by atoms with E-state index in [4.69, 9.17) is 5.11 Å². The number of hydrogen-bond acceptors (Lipinski definition) is 4. The van der Waals surface area contributed by atoms with Gasteiger partial charge in [0.05, 0.1) is 5.75 Å². The van der Waals surface area contributed by atoms with Crippen molar-refractivity contribution < 1.29 is 14.7 Å². The molecule has 0 aromatic heterocycles. The lowest BCUT2D eigenvalue weighted by Crippen LogP contribution is -2.38. The number of amides is 3. The number of hydrogen-bond donors (Lipinski definition) is 3. The van der Waals surface area contributed by atoms with Gasteiger partial charge in [-0.15, -0.1) is 0 Å². The summed E-state index contributed by atoms with van der Waals surface area (Å²) in [7, 11) is 1.45. The lowest BCUT2D eigenvalue weighted by atomic mass is 10.5. The topological polar surface area (TPSA) is 78.4 Å². The van der Waals surface area contributed by atoms with Crippen LogP contribution in [-0.2, 0) is 4.79 Å². The van der Waals surface area contributed by atoms with Gasteiger partial charge in [0, 0.05) is 13.7 Å². The number of rotatable bonds is 5. The third-order valence-corrected chi connectivity index (χ3v) is 2.20. The Balaban J connectivity index is 3.35. The van der Waals surface area contributed by atoms with E-state index in [9.17, 15) is 9.59 Å². The molecule has 5 nitrogen and oxygen atoms in total. The first-order valence-corrected chi connectivity index (χ1v) is 5.06. The van der Waals surface area contributed by atoms with Crippen molar-refractivity contribution in [3.63, 3.8) is 0 Å². The van der Waals surface area contributed by atoms with Gasteiger partial charge >= 0.3 is 6.03 Å². The molecule has 0 aromatic carbocycles. The van der Waals surface area contributed by atoms with Crippen molar-refractivity contribution in [2.24, 2.45) is 0 Å². The molecule has 0 radical (unpaired) electrons. The molecule has 0 heterocycles. The van der Waals surface area contributed by atoms with Crippen LogP contribution in [0.3, 0.4) is 0 Å². The van der Waals surface area contributed by atoms with Gasteiger partial charge in [-0.05, 0) is 12.2 Å². The molecule has 0 aliphatic carbocycles. The zero-order valence-electron chi connectivity index (χ0n) is 7.50. The second-order valence-electron chi connectivity index (χ2n) is 2.26. The summed E-state index contributed by atoms with van der Waals surface area (Å²) in [6.07, 6.45) is 0.665. The molecule has 3 amide bonds. The van der Waals surface area contributed by atoms with E-state index < -0.39 is 6.03 Å². The number of urea groups is 1. The first-order chi connectivity index (χ1) is 6.20. The van der Waals surface area contributed by atoms with Gasteiger partial charge in [-0.3, -0.25) is 10.1 Å². The van der Waals surface area contributed by atoms with Gasteiger partial charge in [0.2, 0.25) is 5.91 Å². The lowest BCUT2D eigenvalue weighted by Gasteiger charge is -2.02. The van der Waals surface area contributed by atoms with Gasteiger partial charge in [-0.25, -0.2) is 4.79 Å². The van der Waals surface area contributed by atoms with Gasteiger partial charge < -0.3 is 10.4 Å². The fraction of sp³-hybridized carbons (Fsp3) is 0.714. The summed E-state index contributed by atoms with van der Waals surface area (Å²) < 4.78 is 0. The summed E-state index contributed by atoms with van der Waals surface area (Å²) in [4.78, 5) is 21.5. The van der Waals surface area contributed by atoms with Crippen LogP contribution < -0.4 is 10.6 Å². The summed E-state index contributed by atoms with van der Waals surface area (Å²) in [6, 6.07) is -0.493. The van der Waals surface area contributed by atoms with E-state index in [0.717, 1.165) is 5.75 Å². The van der Waals surface area contributed by atoms with E-state index in [1.807, 2.05) is 0 Å². The number of nitrogens with one attached hydrogen (secondary N) is 2. The Hall–Kier alpha value is -0.750. The summed E-state index contributed by atoms with van der Waals surface area (Å²) in [6.45, 7) is 0.129. The Morgan fingerprint density at radius 1 is 1.46 bits per heavy atom. The largest absolute Gasteiger partial charge is 0.396 e. The maximum Gasteiger partial charge on any atom is 0.321 e. The van der Waals surface area contributed by atoms with Gasteiger partial charge in [0.25, 0.3) is 0 Å². The quantitative estimate of drug-likeness (QED) is 0.533. The molecule has 0 saturated carbocycles. The summed E-state index contributed by atoms with van der Waals surface area (Å²) >= 11 is 1.39. The summed E-state index contributed by atoms with van der Waals surface area (Å²) in [5, 5.41) is 12.8. The Morgan fingerprint density at radius 3 is 2.69 bits per heavy atom. The molecular weight excluding hydrogens is 192 g/mol. The predicted octanol–water partition coefficient (Wildman–Crippen LogP) is -0.442. The van der Waals surface area contributed by atoms with Gasteiger partial charge in [-0.1, -0.05) is 0 Å². The molecule has 3 N–H and O–H groups in total. The van der Waals surface area contributed by atoms with E-state index in [1.165, 1.54) is 18.8 Å². The molecule has 0 aromatic rings. The van der Waals surface area contributed by atoms with Crippen LogP contribution in [0.2, 0.25) is 0 Å². The van der Waals surface area contributed by atoms with E-state index in [-0.39, 0.29) is 18.3 Å². The predicted molar refractivity (Wildman–Crippen MR) is 51.6 cm³/mol. The average molecular weight is 206 g/mol. The van der Waals surface area contributed by atoms with Crippen molar-refractivity contribution in [3.8, 4) is 0 Å². The molecule has 0 aliphatic rings. The lowest BCUT2D eigenvalue weighted by molar-refractivity contribution is -0.117. The molecule has 0 atom stereocenters. The van der Waals surface area contributed by atoms with Crippen molar-refractivity contribution in [2.45, 2.75) is 6.42 Å². The molecule has 0 fully saturated rings. The van der Waals surface area contributed by atoms with Crippen molar-refractivity contribution in [1.29, 1.82) is 0 Å². The average Bonchev–Trinajstić information content (AvgIpc) is 2.12. The van der Waals surface area contributed by atoms with Crippen LogP contribution in [0.15, 0.2) is 0 Å². The van der Waals surface area contributed by atoms with Crippen LogP contribution in [-0.4, -0.2) is 42.2 Å². The van der Waals surface area contributed by atoms with Crippen LogP contribution in [0.4, 0.5) is 4.79 Å². The van der Waals surface area contributed by atoms with Gasteiger partial charge in [0.1, 0.15) is 0 Å². The maximum absolute atomic E-state index is 10.9. The second kappa shape index (κ2) is 7.88. The molecule has 76 valence electrons. The highest BCUT2D eigenvalue weighted by molar-refractivity contribution is 7.99. The zero-order chi connectivity index (χ0) is 10.1. The molecule has 0 rings (SSSR count). The molecule has 0 aliphatic heterocycles. The van der Waals surface area contributed by atoms with E-state index in [0.29, 0.717) is 6.42 Å². The number of imide groups is 1. The van der Waals surface area contributed by atoms with Crippen LogP contribution in [0.5, 0.6) is 0 Å². The molecule has 0 unspecified atom stereocenters. The Bertz CT molecular complexity index is 175. The highest BCUT2D eigenvalue weighted by Crippen LogP contribution is 2.00. The Labute approximate surface area is 81.3 Å². The zero-order valence-corrected chi connectivity index (χ0v) is 8.32. The molecule has 0 spiro atoms. The number of carbonyl (C=O) groups excluding carboxylic acids is 2. The molecule has 13 heavy (non-hydrogen) atoms. The van der Waals surface area contributed by atoms with Crippen molar-refractivity contribution >= 4 is 23.7 Å². The minimum absolute atomic E-state index is 0.129. The number of aliphatic hydroxyl groups is 1. The van der Waals surface area contributed by atoms with Crippen LogP contribution >= 0.6 is 11.8 Å². The minimum Gasteiger partial charge on any atom is -0.396 e. The standard InChI is InChI=1S/C7H14N2O3S/c1-8-7(12)9-6(11)5-13-4-2-3-10/h10H,2-5H2,1H3,(H2,8,9,11,12). The maximum atomic E-state index is 10.9. The monoisotopic (exact) mass is 206 g/mol. The first kappa shape index (κ1) is 12.2. The van der Waals surface area contributed by atoms with Crippen molar-refractivity contribution in [1.82, 2.24) is 10.6 Å². The normalized spacial score (nSPS) is 9.38. The minimum atomic E-state index is -0.493. The fourth-order valence-electron chi connectivity index (χ4n) is 0.557. The highest BCUT2D eigenvalue weighted by atomic mass is 32.2. The summed E-state index contributed by atoms with van der Waals surface area (Å²) in [5.74, 6) is 0.646. The molecular formula is C7H14N2O3S. The van der Waals surface area contributed by atoms with Crippen LogP contribution in [0.25, 0.3) is 0 Å². The van der Waals surface area contributed by atoms with Gasteiger partial charge in [-0.2, -0.15) is 11.8 Å². The van der Waals surface area contributed by atoms with Crippen LogP contribution in [0, 0.1) is 0 Å². The third kappa shape index (κ3) is 7.61. The number of thioether (sulfide) groups is 1. The van der Waals surface area contributed by atoms with E-state index in [2.05, 4.69) is 10.6 Å². The molecule has 0 saturated heterocycles. The SMILES string of the molecule is CNC(=O)NC(=O)CSCCCO. The molecule has 0 bridgehead atoms. The number of carbonyl (C=O) groups is 2. The second-order valence-corrected chi connectivity index (χ2v) is 3.36. The Morgan fingerprint density at radius 2 is 2.15 bits per heavy atom. The first-order valence-electron chi connectivity index (χ1n) is 3.91. The molecule has 6 heteroatoms. The van der Waals surface area contributed by atoms with E-state index >= 15 is 0 Å². The fourth-order valence-corrected chi connectivity index (χ4v) is 1.29.